The van der Waals surface area contributed by atoms with Crippen molar-refractivity contribution in [1.29, 1.82) is 0 Å². The predicted molar refractivity (Wildman–Crippen MR) is 197 cm³/mol. The van der Waals surface area contributed by atoms with E-state index in [0.717, 1.165) is 59.3 Å². The fourth-order valence-corrected chi connectivity index (χ4v) is 6.93. The predicted octanol–water partition coefficient (Wildman–Crippen LogP) is 5.86. The van der Waals surface area contributed by atoms with Crippen LogP contribution in [0.4, 0.5) is 11.4 Å². The first-order chi connectivity index (χ1) is 24.9. The molecule has 0 saturated carbocycles. The first-order valence-corrected chi connectivity index (χ1v) is 17.8. The summed E-state index contributed by atoms with van der Waals surface area (Å²) in [5, 5.41) is 25.3. The quantitative estimate of drug-likeness (QED) is 0.103. The molecule has 2 saturated heterocycles. The number of carbonyl (C=O) groups excluding carboxylic acids is 2. The first kappa shape index (κ1) is 36.2. The van der Waals surface area contributed by atoms with Gasteiger partial charge in [0.25, 0.3) is 0 Å². The summed E-state index contributed by atoms with van der Waals surface area (Å²) < 4.78 is 13.1. The van der Waals surface area contributed by atoms with Gasteiger partial charge in [-0.1, -0.05) is 84.9 Å². The maximum atomic E-state index is 12.7. The molecule has 10 heteroatoms. The van der Waals surface area contributed by atoms with E-state index in [-0.39, 0.29) is 56.1 Å². The highest BCUT2D eigenvalue weighted by molar-refractivity contribution is 5.94. The van der Waals surface area contributed by atoms with E-state index >= 15 is 0 Å². The lowest BCUT2D eigenvalue weighted by Gasteiger charge is -2.38. The number of anilines is 2. The number of ether oxygens (including phenoxy) is 2. The van der Waals surface area contributed by atoms with Gasteiger partial charge in [-0.25, -0.2) is 0 Å². The summed E-state index contributed by atoms with van der Waals surface area (Å²) in [5.41, 5.74) is 12.8. The van der Waals surface area contributed by atoms with Gasteiger partial charge in [0.15, 0.2) is 6.29 Å². The summed E-state index contributed by atoms with van der Waals surface area (Å²) in [7, 11) is 0. The van der Waals surface area contributed by atoms with Crippen LogP contribution in [-0.2, 0) is 32.2 Å². The Morgan fingerprint density at radius 3 is 2.33 bits per heavy atom. The molecule has 4 atom stereocenters. The number of amides is 2. The van der Waals surface area contributed by atoms with E-state index in [1.54, 1.807) is 18.2 Å². The van der Waals surface area contributed by atoms with Crippen LogP contribution in [0.1, 0.15) is 73.2 Å². The minimum Gasteiger partial charge on any atom is -0.397 e. The zero-order chi connectivity index (χ0) is 35.6. The van der Waals surface area contributed by atoms with Crippen LogP contribution in [0.2, 0.25) is 0 Å². The average molecular weight is 693 g/mol. The molecule has 4 aromatic rings. The number of nitrogens with zero attached hydrogens (tertiary/aromatic N) is 1. The van der Waals surface area contributed by atoms with Gasteiger partial charge in [0.1, 0.15) is 0 Å². The van der Waals surface area contributed by atoms with Gasteiger partial charge in [0.2, 0.25) is 11.8 Å². The third-order valence-electron chi connectivity index (χ3n) is 9.79. The van der Waals surface area contributed by atoms with Gasteiger partial charge in [-0.3, -0.25) is 14.5 Å². The van der Waals surface area contributed by atoms with E-state index in [9.17, 15) is 19.8 Å². The molecule has 0 aromatic heterocycles. The summed E-state index contributed by atoms with van der Waals surface area (Å²) in [6.45, 7) is 2.18. The number of para-hydroxylation sites is 2. The van der Waals surface area contributed by atoms with Gasteiger partial charge in [-0.15, -0.1) is 0 Å². The highest BCUT2D eigenvalue weighted by Gasteiger charge is 2.35. The van der Waals surface area contributed by atoms with Crippen LogP contribution in [0.3, 0.4) is 0 Å². The van der Waals surface area contributed by atoms with Crippen LogP contribution in [0.15, 0.2) is 97.1 Å². The monoisotopic (exact) mass is 692 g/mol. The Morgan fingerprint density at radius 1 is 0.843 bits per heavy atom. The van der Waals surface area contributed by atoms with Crippen molar-refractivity contribution in [2.75, 3.05) is 30.7 Å². The first-order valence-electron chi connectivity index (χ1n) is 17.8. The Labute approximate surface area is 299 Å². The van der Waals surface area contributed by atoms with E-state index in [1.807, 2.05) is 66.7 Å². The number of nitrogen functional groups attached to an aromatic ring is 1. The second kappa shape index (κ2) is 17.6. The fourth-order valence-electron chi connectivity index (χ4n) is 6.93. The zero-order valence-corrected chi connectivity index (χ0v) is 28.9. The zero-order valence-electron chi connectivity index (χ0n) is 28.9. The van der Waals surface area contributed by atoms with Crippen LogP contribution in [0.5, 0.6) is 0 Å². The summed E-state index contributed by atoms with van der Waals surface area (Å²) in [5.74, 6) is -0.295. The summed E-state index contributed by atoms with van der Waals surface area (Å²) in [6.07, 6.45) is 2.80. The van der Waals surface area contributed by atoms with Gasteiger partial charge < -0.3 is 36.1 Å². The second-order valence-electron chi connectivity index (χ2n) is 13.4. The third-order valence-corrected chi connectivity index (χ3v) is 9.79. The molecule has 268 valence electrons. The Bertz CT molecular complexity index is 1750. The van der Waals surface area contributed by atoms with Gasteiger partial charge in [-0.2, -0.15) is 0 Å². The molecule has 2 heterocycles. The molecule has 51 heavy (non-hydrogen) atoms. The molecule has 0 spiro atoms. The number of rotatable bonds is 14. The lowest BCUT2D eigenvalue weighted by atomic mass is 9.97. The van der Waals surface area contributed by atoms with Gasteiger partial charge in [0.05, 0.1) is 36.8 Å². The molecular formula is C41H48N4O6. The Hall–Kier alpha value is -4.58. The second-order valence-corrected chi connectivity index (χ2v) is 13.4. The molecule has 6 rings (SSSR count). The molecule has 0 aliphatic carbocycles. The number of hydrogen-bond donors (Lipinski definition) is 5. The topological polar surface area (TPSA) is 146 Å². The molecule has 0 unspecified atom stereocenters. The number of nitrogens with one attached hydrogen (secondary N) is 2. The number of aliphatic hydroxyl groups excluding tert-OH is 2. The highest BCUT2D eigenvalue weighted by atomic mass is 16.7. The molecule has 2 aliphatic heterocycles. The van der Waals surface area contributed by atoms with Crippen LogP contribution in [-0.4, -0.2) is 58.8 Å². The fraction of sp³-hybridized carbons (Fsp3) is 0.366. The number of aliphatic hydroxyl groups is 2. The molecule has 2 amide bonds. The lowest BCUT2D eigenvalue weighted by molar-refractivity contribution is -0.253. The van der Waals surface area contributed by atoms with Gasteiger partial charge in [-0.05, 0) is 65.8 Å². The smallest absolute Gasteiger partial charge is 0.224 e. The minimum atomic E-state index is -0.572. The van der Waals surface area contributed by atoms with E-state index in [2.05, 4.69) is 27.7 Å². The molecule has 10 nitrogen and oxygen atoms in total. The lowest BCUT2D eigenvalue weighted by Crippen LogP contribution is -2.42. The number of hydrogen-bond acceptors (Lipinski definition) is 8. The molecule has 2 fully saturated rings. The van der Waals surface area contributed by atoms with Crippen LogP contribution >= 0.6 is 0 Å². The van der Waals surface area contributed by atoms with Crippen molar-refractivity contribution in [2.45, 2.75) is 76.2 Å². The standard InChI is InChI=1S/C41H48N4O6/c42-36-10-3-4-11-37(36)44-40(49)13-5-12-39(48)43-24-32-7-1-2-9-35(32)29-18-20-31(21-19-29)41-50-34(25-45-22-6-8-33(45)27-47)23-38(51-41)30-16-14-28(26-46)15-17-30/h1-4,7,9-11,14-21,33-34,38,41,46-47H,5-6,8,12-13,22-27,42H2,(H,43,48)(H,44,49)/t33-,34-,38+,41+/m0/s1. The SMILES string of the molecule is Nc1ccccc1NC(=O)CCCC(=O)NCc1ccccc1-c1ccc([C@@H]2O[C@H](CN3CCC[C@H]3CO)C[C@H](c3ccc(CO)cc3)O2)cc1. The summed E-state index contributed by atoms with van der Waals surface area (Å²) >= 11 is 0. The van der Waals surface area contributed by atoms with Gasteiger partial charge in [0, 0.05) is 44.0 Å². The van der Waals surface area contributed by atoms with Crippen LogP contribution < -0.4 is 16.4 Å². The van der Waals surface area contributed by atoms with E-state index in [0.29, 0.717) is 30.8 Å². The average Bonchev–Trinajstić information content (AvgIpc) is 3.62. The number of likely N-dealkylation sites (tertiary alicyclic amines) is 1. The van der Waals surface area contributed by atoms with E-state index < -0.39 is 6.29 Å². The van der Waals surface area contributed by atoms with E-state index in [1.165, 1.54) is 0 Å². The number of benzene rings is 4. The molecule has 2 aliphatic rings. The molecule has 4 aromatic carbocycles. The van der Waals surface area contributed by atoms with Crippen molar-refractivity contribution in [2.24, 2.45) is 0 Å². The molecule has 0 radical (unpaired) electrons. The van der Waals surface area contributed by atoms with Gasteiger partial charge >= 0.3 is 0 Å². The van der Waals surface area contributed by atoms with Crippen LogP contribution in [0.25, 0.3) is 11.1 Å². The van der Waals surface area contributed by atoms with Crippen molar-refractivity contribution < 1.29 is 29.3 Å². The Kier molecular flexibility index (Phi) is 12.5. The van der Waals surface area contributed by atoms with Crippen molar-refractivity contribution in [1.82, 2.24) is 10.2 Å². The van der Waals surface area contributed by atoms with Crippen molar-refractivity contribution in [3.05, 3.63) is 119 Å². The van der Waals surface area contributed by atoms with Crippen LogP contribution in [0, 0.1) is 0 Å². The van der Waals surface area contributed by atoms with Crippen molar-refractivity contribution in [3.63, 3.8) is 0 Å². The van der Waals surface area contributed by atoms with E-state index in [4.69, 9.17) is 15.2 Å². The summed E-state index contributed by atoms with van der Waals surface area (Å²) in [4.78, 5) is 27.4. The Morgan fingerprint density at radius 2 is 1.57 bits per heavy atom. The Balaban J connectivity index is 1.08. The maximum Gasteiger partial charge on any atom is 0.224 e. The largest absolute Gasteiger partial charge is 0.397 e. The number of carbonyl (C=O) groups is 2. The normalized spacial score (nSPS) is 20.6. The maximum absolute atomic E-state index is 12.7. The highest BCUT2D eigenvalue weighted by Crippen LogP contribution is 2.39. The molecule has 0 bridgehead atoms. The molecular weight excluding hydrogens is 644 g/mol. The third kappa shape index (κ3) is 9.61. The molecule has 6 N–H and O–H groups in total. The number of nitrogens with two attached hydrogens (primary N) is 1. The minimum absolute atomic E-state index is 0.00821. The van der Waals surface area contributed by atoms with Crippen molar-refractivity contribution >= 4 is 23.2 Å². The van der Waals surface area contributed by atoms with Crippen molar-refractivity contribution in [3.8, 4) is 11.1 Å². The summed E-state index contributed by atoms with van der Waals surface area (Å²) in [6, 6.07) is 31.3.